The molecule has 0 bridgehead atoms. The molecule has 9 nitrogen and oxygen atoms in total. The summed E-state index contributed by atoms with van der Waals surface area (Å²) in [6.07, 6.45) is 3.92. The molecule has 0 saturated carbocycles. The van der Waals surface area contributed by atoms with E-state index in [1.54, 1.807) is 29.7 Å². The maximum Gasteiger partial charge on any atom is 0.251 e. The molecular formula is C27H26N6O3S. The highest BCUT2D eigenvalue weighted by atomic mass is 32.1. The van der Waals surface area contributed by atoms with Crippen molar-refractivity contribution >= 4 is 17.2 Å². The molecule has 5 aromatic rings. The van der Waals surface area contributed by atoms with Crippen LogP contribution in [0.3, 0.4) is 0 Å². The molecule has 0 aliphatic carbocycles. The fourth-order valence-electron chi connectivity index (χ4n) is 4.00. The van der Waals surface area contributed by atoms with Crippen LogP contribution >= 0.6 is 11.3 Å². The molecule has 0 aliphatic rings. The van der Waals surface area contributed by atoms with Gasteiger partial charge in [-0.3, -0.25) is 4.79 Å². The Morgan fingerprint density at radius 1 is 1.14 bits per heavy atom. The second-order valence-electron chi connectivity index (χ2n) is 9.05. The summed E-state index contributed by atoms with van der Waals surface area (Å²) in [6.45, 7) is 4.14. The third-order valence-electron chi connectivity index (χ3n) is 5.76. The number of amides is 1. The lowest BCUT2D eigenvalue weighted by Gasteiger charge is -2.20. The van der Waals surface area contributed by atoms with Gasteiger partial charge in [0.25, 0.3) is 5.91 Å². The van der Waals surface area contributed by atoms with Crippen LogP contribution in [0.2, 0.25) is 0 Å². The highest BCUT2D eigenvalue weighted by molar-refractivity contribution is 7.09. The SMILES string of the molecule is Cc1nc(CNC(=O)c2cc(Cc3nnc(C(C)(N)Cc4ccccc4)o3)cc(-c3ncco3)c2)cs1. The number of carbonyl (C=O) groups excluding carboxylic acids is 1. The van der Waals surface area contributed by atoms with Crippen LogP contribution in [0.5, 0.6) is 0 Å². The first kappa shape index (κ1) is 24.5. The maximum atomic E-state index is 13.0. The lowest BCUT2D eigenvalue weighted by atomic mass is 9.94. The largest absolute Gasteiger partial charge is 0.445 e. The summed E-state index contributed by atoms with van der Waals surface area (Å²) in [5.74, 6) is 0.930. The van der Waals surface area contributed by atoms with Gasteiger partial charge in [0.1, 0.15) is 6.26 Å². The van der Waals surface area contributed by atoms with Gasteiger partial charge < -0.3 is 19.9 Å². The van der Waals surface area contributed by atoms with E-state index in [-0.39, 0.29) is 5.91 Å². The Bertz CT molecular complexity index is 1490. The van der Waals surface area contributed by atoms with E-state index in [0.29, 0.717) is 48.2 Å². The predicted molar refractivity (Wildman–Crippen MR) is 139 cm³/mol. The number of nitrogens with two attached hydrogens (primary N) is 1. The molecule has 0 aliphatic heterocycles. The van der Waals surface area contributed by atoms with Gasteiger partial charge in [0.15, 0.2) is 0 Å². The lowest BCUT2D eigenvalue weighted by molar-refractivity contribution is 0.0950. The average Bonchev–Trinajstić information content (AvgIpc) is 3.65. The van der Waals surface area contributed by atoms with Gasteiger partial charge in [0.2, 0.25) is 17.7 Å². The number of benzene rings is 2. The number of nitrogens with one attached hydrogen (secondary N) is 1. The van der Waals surface area contributed by atoms with Crippen LogP contribution in [0.4, 0.5) is 0 Å². The van der Waals surface area contributed by atoms with E-state index >= 15 is 0 Å². The van der Waals surface area contributed by atoms with Gasteiger partial charge in [-0.1, -0.05) is 30.3 Å². The molecule has 188 valence electrons. The Kier molecular flexibility index (Phi) is 6.93. The number of hydrogen-bond donors (Lipinski definition) is 2. The number of oxazole rings is 1. The van der Waals surface area contributed by atoms with E-state index in [4.69, 9.17) is 14.6 Å². The Morgan fingerprint density at radius 3 is 2.70 bits per heavy atom. The summed E-state index contributed by atoms with van der Waals surface area (Å²) in [7, 11) is 0. The minimum Gasteiger partial charge on any atom is -0.445 e. The molecule has 1 amide bonds. The monoisotopic (exact) mass is 514 g/mol. The second-order valence-corrected chi connectivity index (χ2v) is 10.1. The first-order valence-electron chi connectivity index (χ1n) is 11.7. The molecule has 37 heavy (non-hydrogen) atoms. The summed E-state index contributed by atoms with van der Waals surface area (Å²) < 4.78 is 11.4. The quantitative estimate of drug-likeness (QED) is 0.295. The van der Waals surface area contributed by atoms with Crippen LogP contribution in [-0.4, -0.2) is 26.1 Å². The Balaban J connectivity index is 1.36. The van der Waals surface area contributed by atoms with E-state index in [1.165, 1.54) is 6.26 Å². The van der Waals surface area contributed by atoms with Crippen LogP contribution in [0.1, 0.15) is 50.9 Å². The van der Waals surface area contributed by atoms with Crippen LogP contribution in [0.15, 0.2) is 75.2 Å². The fourth-order valence-corrected chi connectivity index (χ4v) is 4.62. The van der Waals surface area contributed by atoms with Gasteiger partial charge in [-0.15, -0.1) is 21.5 Å². The van der Waals surface area contributed by atoms with Gasteiger partial charge in [-0.2, -0.15) is 0 Å². The molecule has 0 spiro atoms. The van der Waals surface area contributed by atoms with Crippen molar-refractivity contribution in [2.24, 2.45) is 5.73 Å². The Morgan fingerprint density at radius 2 is 1.97 bits per heavy atom. The zero-order valence-corrected chi connectivity index (χ0v) is 21.3. The molecular weight excluding hydrogens is 488 g/mol. The summed E-state index contributed by atoms with van der Waals surface area (Å²) in [5, 5.41) is 14.2. The zero-order valence-electron chi connectivity index (χ0n) is 20.5. The molecule has 10 heteroatoms. The third kappa shape index (κ3) is 5.99. The first-order chi connectivity index (χ1) is 17.9. The number of aryl methyl sites for hydroxylation is 1. The van der Waals surface area contributed by atoms with Gasteiger partial charge in [0, 0.05) is 16.5 Å². The van der Waals surface area contributed by atoms with Gasteiger partial charge in [-0.25, -0.2) is 9.97 Å². The number of thiazole rings is 1. The molecule has 2 aromatic carbocycles. The molecule has 1 atom stereocenters. The topological polar surface area (TPSA) is 133 Å². The van der Waals surface area contributed by atoms with Gasteiger partial charge in [-0.05, 0) is 49.6 Å². The van der Waals surface area contributed by atoms with E-state index in [1.807, 2.05) is 55.6 Å². The highest BCUT2D eigenvalue weighted by Crippen LogP contribution is 2.25. The Hall–Kier alpha value is -4.15. The van der Waals surface area contributed by atoms with Crippen molar-refractivity contribution in [1.29, 1.82) is 0 Å². The van der Waals surface area contributed by atoms with Crippen molar-refractivity contribution in [3.8, 4) is 11.5 Å². The zero-order chi connectivity index (χ0) is 25.8. The predicted octanol–water partition coefficient (Wildman–Crippen LogP) is 4.43. The van der Waals surface area contributed by atoms with Crippen LogP contribution in [0.25, 0.3) is 11.5 Å². The van der Waals surface area contributed by atoms with Crippen LogP contribution < -0.4 is 11.1 Å². The fraction of sp³-hybridized carbons (Fsp3) is 0.222. The Labute approximate surface area is 217 Å². The van der Waals surface area contributed by atoms with Crippen LogP contribution in [0, 0.1) is 6.92 Å². The normalized spacial score (nSPS) is 12.8. The van der Waals surface area contributed by atoms with Crippen molar-refractivity contribution in [3.05, 3.63) is 106 Å². The number of hydrogen-bond acceptors (Lipinski definition) is 9. The van der Waals surface area contributed by atoms with Gasteiger partial charge in [0.05, 0.1) is 35.4 Å². The number of nitrogens with zero attached hydrogens (tertiary/aromatic N) is 4. The maximum absolute atomic E-state index is 13.0. The molecule has 0 fully saturated rings. The standard InChI is InChI=1S/C27H26N6O3S/c1-17-31-22(16-37-17)15-30-24(34)20-10-19(11-21(13-20)25-29-8-9-35-25)12-23-32-33-26(36-23)27(2,28)14-18-6-4-3-5-7-18/h3-11,13,16H,12,14-15,28H2,1-2H3,(H,30,34). The summed E-state index contributed by atoms with van der Waals surface area (Å²) in [6, 6.07) is 15.4. The minimum atomic E-state index is -0.828. The van der Waals surface area contributed by atoms with E-state index in [2.05, 4.69) is 25.5 Å². The smallest absolute Gasteiger partial charge is 0.251 e. The minimum absolute atomic E-state index is 0.232. The number of rotatable bonds is 9. The molecule has 3 aromatic heterocycles. The molecule has 0 saturated heterocycles. The average molecular weight is 515 g/mol. The number of aromatic nitrogens is 4. The molecule has 3 heterocycles. The molecule has 1 unspecified atom stereocenters. The van der Waals surface area contributed by atoms with Crippen molar-refractivity contribution < 1.29 is 13.6 Å². The molecule has 3 N–H and O–H groups in total. The molecule has 5 rings (SSSR count). The third-order valence-corrected chi connectivity index (χ3v) is 6.58. The summed E-state index contributed by atoms with van der Waals surface area (Å²) in [5.41, 5.74) is 9.53. The summed E-state index contributed by atoms with van der Waals surface area (Å²) in [4.78, 5) is 21.6. The van der Waals surface area contributed by atoms with Crippen molar-refractivity contribution in [3.63, 3.8) is 0 Å². The second kappa shape index (κ2) is 10.5. The first-order valence-corrected chi connectivity index (χ1v) is 12.6. The number of carbonyl (C=O) groups is 1. The van der Waals surface area contributed by atoms with Crippen molar-refractivity contribution in [2.45, 2.75) is 38.8 Å². The van der Waals surface area contributed by atoms with Crippen molar-refractivity contribution in [1.82, 2.24) is 25.5 Å². The van der Waals surface area contributed by atoms with Crippen molar-refractivity contribution in [2.75, 3.05) is 0 Å². The van der Waals surface area contributed by atoms with E-state index in [9.17, 15) is 4.79 Å². The van der Waals surface area contributed by atoms with E-state index < -0.39 is 5.54 Å². The van der Waals surface area contributed by atoms with Crippen LogP contribution in [-0.2, 0) is 24.9 Å². The van der Waals surface area contributed by atoms with Gasteiger partial charge >= 0.3 is 0 Å². The highest BCUT2D eigenvalue weighted by Gasteiger charge is 2.28. The lowest BCUT2D eigenvalue weighted by Crippen LogP contribution is -2.35. The molecule has 0 radical (unpaired) electrons. The summed E-state index contributed by atoms with van der Waals surface area (Å²) >= 11 is 1.54. The van der Waals surface area contributed by atoms with E-state index in [0.717, 1.165) is 21.8 Å².